The Labute approximate surface area is 187 Å². The zero-order chi connectivity index (χ0) is 22.1. The van der Waals surface area contributed by atoms with Crippen molar-refractivity contribution in [2.75, 3.05) is 7.11 Å². The SMILES string of the molecule is COc1ccc2c(c1)CCc1c(-c3ccc(C(=O)NC(C)c4ccccc4)cc3)n[nH]c1-2. The lowest BCUT2D eigenvalue weighted by Crippen LogP contribution is -2.26. The summed E-state index contributed by atoms with van der Waals surface area (Å²) in [5.41, 5.74) is 8.42. The Kier molecular flexibility index (Phi) is 5.23. The van der Waals surface area contributed by atoms with Crippen LogP contribution in [0.3, 0.4) is 0 Å². The minimum absolute atomic E-state index is 0.0552. The molecule has 0 saturated carbocycles. The number of aromatic nitrogens is 2. The summed E-state index contributed by atoms with van der Waals surface area (Å²) < 4.78 is 5.36. The summed E-state index contributed by atoms with van der Waals surface area (Å²) in [6, 6.07) is 23.8. The maximum atomic E-state index is 12.7. The third-order valence-electron chi connectivity index (χ3n) is 6.16. The molecule has 2 N–H and O–H groups in total. The van der Waals surface area contributed by atoms with E-state index < -0.39 is 0 Å². The van der Waals surface area contributed by atoms with Crippen molar-refractivity contribution in [3.8, 4) is 28.3 Å². The van der Waals surface area contributed by atoms with Crippen LogP contribution in [0.25, 0.3) is 22.5 Å². The van der Waals surface area contributed by atoms with Crippen LogP contribution in [-0.4, -0.2) is 23.2 Å². The molecular weight excluding hydrogens is 398 g/mol. The Hall–Kier alpha value is -3.86. The fraction of sp³-hybridized carbons (Fsp3) is 0.185. The second kappa shape index (κ2) is 8.35. The van der Waals surface area contributed by atoms with Crippen molar-refractivity contribution < 1.29 is 9.53 Å². The Morgan fingerprint density at radius 2 is 1.81 bits per heavy atom. The van der Waals surface area contributed by atoms with Crippen LogP contribution in [0.1, 0.15) is 40.0 Å². The highest BCUT2D eigenvalue weighted by Gasteiger charge is 2.23. The number of carbonyl (C=O) groups is 1. The number of aromatic amines is 1. The molecule has 0 bridgehead atoms. The zero-order valence-corrected chi connectivity index (χ0v) is 18.2. The number of rotatable bonds is 5. The average molecular weight is 424 g/mol. The Morgan fingerprint density at radius 1 is 1.03 bits per heavy atom. The second-order valence-electron chi connectivity index (χ2n) is 8.13. The molecule has 3 aromatic carbocycles. The number of hydrogen-bond acceptors (Lipinski definition) is 3. The molecule has 1 aliphatic rings. The second-order valence-corrected chi connectivity index (χ2v) is 8.13. The molecule has 0 fully saturated rings. The largest absolute Gasteiger partial charge is 0.497 e. The van der Waals surface area contributed by atoms with E-state index in [0.29, 0.717) is 5.56 Å². The summed E-state index contributed by atoms with van der Waals surface area (Å²) >= 11 is 0. The molecule has 1 atom stereocenters. The molecule has 1 amide bonds. The first-order valence-corrected chi connectivity index (χ1v) is 10.8. The number of aryl methyl sites for hydroxylation is 1. The molecule has 1 heterocycles. The van der Waals surface area contributed by atoms with E-state index in [0.717, 1.165) is 41.1 Å². The van der Waals surface area contributed by atoms with Gasteiger partial charge in [0.1, 0.15) is 5.75 Å². The van der Waals surface area contributed by atoms with Gasteiger partial charge >= 0.3 is 0 Å². The van der Waals surface area contributed by atoms with E-state index in [-0.39, 0.29) is 11.9 Å². The van der Waals surface area contributed by atoms with Crippen LogP contribution < -0.4 is 10.1 Å². The van der Waals surface area contributed by atoms with Crippen LogP contribution in [0, 0.1) is 0 Å². The number of nitrogens with zero attached hydrogens (tertiary/aromatic N) is 1. The number of fused-ring (bicyclic) bond motifs is 3. The zero-order valence-electron chi connectivity index (χ0n) is 18.2. The molecule has 1 aromatic heterocycles. The predicted molar refractivity (Wildman–Crippen MR) is 126 cm³/mol. The fourth-order valence-corrected chi connectivity index (χ4v) is 4.36. The Morgan fingerprint density at radius 3 is 2.56 bits per heavy atom. The van der Waals surface area contributed by atoms with E-state index >= 15 is 0 Å². The number of nitrogens with one attached hydrogen (secondary N) is 2. The van der Waals surface area contributed by atoms with Gasteiger partial charge in [-0.2, -0.15) is 5.10 Å². The Balaban J connectivity index is 1.36. The molecule has 0 saturated heterocycles. The lowest BCUT2D eigenvalue weighted by Gasteiger charge is -2.17. The summed E-state index contributed by atoms with van der Waals surface area (Å²) in [4.78, 5) is 12.7. The molecule has 5 nitrogen and oxygen atoms in total. The molecule has 0 aliphatic heterocycles. The van der Waals surface area contributed by atoms with Crippen molar-refractivity contribution in [2.24, 2.45) is 0 Å². The monoisotopic (exact) mass is 423 g/mol. The van der Waals surface area contributed by atoms with E-state index in [1.807, 2.05) is 67.6 Å². The number of ether oxygens (including phenoxy) is 1. The summed E-state index contributed by atoms with van der Waals surface area (Å²) in [6.07, 6.45) is 1.86. The van der Waals surface area contributed by atoms with Crippen molar-refractivity contribution in [2.45, 2.75) is 25.8 Å². The number of amides is 1. The lowest BCUT2D eigenvalue weighted by atomic mass is 9.87. The van der Waals surface area contributed by atoms with Crippen molar-refractivity contribution >= 4 is 5.91 Å². The van der Waals surface area contributed by atoms with E-state index in [1.54, 1.807) is 7.11 Å². The number of H-pyrrole nitrogens is 1. The Bertz CT molecular complexity index is 1260. The number of hydrogen-bond donors (Lipinski definition) is 2. The highest BCUT2D eigenvalue weighted by Crippen LogP contribution is 2.38. The lowest BCUT2D eigenvalue weighted by molar-refractivity contribution is 0.0940. The van der Waals surface area contributed by atoms with E-state index in [9.17, 15) is 4.79 Å². The first-order chi connectivity index (χ1) is 15.6. The van der Waals surface area contributed by atoms with Gasteiger partial charge < -0.3 is 10.1 Å². The fourth-order valence-electron chi connectivity index (χ4n) is 4.36. The maximum absolute atomic E-state index is 12.7. The van der Waals surface area contributed by atoms with Gasteiger partial charge in [0.2, 0.25) is 0 Å². The molecule has 1 aliphatic carbocycles. The van der Waals surface area contributed by atoms with Gasteiger partial charge in [-0.05, 0) is 61.2 Å². The van der Waals surface area contributed by atoms with Gasteiger partial charge in [-0.3, -0.25) is 9.89 Å². The summed E-state index contributed by atoms with van der Waals surface area (Å²) in [5.74, 6) is 0.794. The highest BCUT2D eigenvalue weighted by molar-refractivity contribution is 5.95. The van der Waals surface area contributed by atoms with Gasteiger partial charge in [-0.15, -0.1) is 0 Å². The minimum atomic E-state index is -0.0835. The normalized spacial score (nSPS) is 13.1. The van der Waals surface area contributed by atoms with Crippen LogP contribution in [0.5, 0.6) is 5.75 Å². The van der Waals surface area contributed by atoms with Crippen molar-refractivity contribution in [1.82, 2.24) is 15.5 Å². The number of carbonyl (C=O) groups excluding carboxylic acids is 1. The smallest absolute Gasteiger partial charge is 0.251 e. The standard InChI is InChI=1S/C27H25N3O2/c1-17(18-6-4-3-5-7-18)28-27(31)20-10-8-19(9-11-20)25-24-14-12-21-16-22(32-2)13-15-23(21)26(24)30-29-25/h3-11,13,15-17H,12,14H2,1-2H3,(H,28,31)(H,29,30). The third kappa shape index (κ3) is 3.66. The summed E-state index contributed by atoms with van der Waals surface area (Å²) in [5, 5.41) is 10.9. The minimum Gasteiger partial charge on any atom is -0.497 e. The first-order valence-electron chi connectivity index (χ1n) is 10.8. The van der Waals surface area contributed by atoms with Gasteiger partial charge in [0, 0.05) is 22.3 Å². The maximum Gasteiger partial charge on any atom is 0.251 e. The molecule has 4 aromatic rings. The van der Waals surface area contributed by atoms with Crippen LogP contribution >= 0.6 is 0 Å². The molecular formula is C27H25N3O2. The third-order valence-corrected chi connectivity index (χ3v) is 6.16. The number of methoxy groups -OCH3 is 1. The number of benzene rings is 3. The molecule has 1 unspecified atom stereocenters. The van der Waals surface area contributed by atoms with Gasteiger partial charge in [-0.1, -0.05) is 42.5 Å². The van der Waals surface area contributed by atoms with Crippen molar-refractivity contribution in [3.63, 3.8) is 0 Å². The van der Waals surface area contributed by atoms with Gasteiger partial charge in [-0.25, -0.2) is 0 Å². The van der Waals surface area contributed by atoms with Gasteiger partial charge in [0.05, 0.1) is 24.5 Å². The molecule has 160 valence electrons. The van der Waals surface area contributed by atoms with Crippen LogP contribution in [0.2, 0.25) is 0 Å². The van der Waals surface area contributed by atoms with Crippen molar-refractivity contribution in [1.29, 1.82) is 0 Å². The van der Waals surface area contributed by atoms with E-state index in [2.05, 4.69) is 27.6 Å². The van der Waals surface area contributed by atoms with Crippen molar-refractivity contribution in [3.05, 3.63) is 95.1 Å². The summed E-state index contributed by atoms with van der Waals surface area (Å²) in [6.45, 7) is 1.99. The topological polar surface area (TPSA) is 67.0 Å². The van der Waals surface area contributed by atoms with E-state index in [4.69, 9.17) is 4.74 Å². The van der Waals surface area contributed by atoms with Crippen LogP contribution in [0.15, 0.2) is 72.8 Å². The molecule has 5 heteroatoms. The average Bonchev–Trinajstić information content (AvgIpc) is 3.29. The molecule has 0 radical (unpaired) electrons. The quantitative estimate of drug-likeness (QED) is 0.455. The van der Waals surface area contributed by atoms with Crippen LogP contribution in [-0.2, 0) is 12.8 Å². The van der Waals surface area contributed by atoms with Crippen LogP contribution in [0.4, 0.5) is 0 Å². The molecule has 32 heavy (non-hydrogen) atoms. The van der Waals surface area contributed by atoms with Gasteiger partial charge in [0.25, 0.3) is 5.91 Å². The summed E-state index contributed by atoms with van der Waals surface area (Å²) in [7, 11) is 1.69. The highest BCUT2D eigenvalue weighted by atomic mass is 16.5. The molecule has 5 rings (SSSR count). The van der Waals surface area contributed by atoms with Gasteiger partial charge in [0.15, 0.2) is 0 Å². The predicted octanol–water partition coefficient (Wildman–Crippen LogP) is 5.34. The first kappa shape index (κ1) is 20.1. The van der Waals surface area contributed by atoms with E-state index in [1.165, 1.54) is 16.7 Å². The molecule has 0 spiro atoms.